The molecule has 0 saturated carbocycles. The van der Waals surface area contributed by atoms with Gasteiger partial charge in [-0.05, 0) is 30.9 Å². The molecule has 0 fully saturated rings. The second-order valence-corrected chi connectivity index (χ2v) is 6.02. The Labute approximate surface area is 150 Å². The molecule has 8 nitrogen and oxygen atoms in total. The Morgan fingerprint density at radius 2 is 2.19 bits per heavy atom. The van der Waals surface area contributed by atoms with Crippen LogP contribution in [0.2, 0.25) is 0 Å². The van der Waals surface area contributed by atoms with E-state index in [9.17, 15) is 9.59 Å². The Morgan fingerprint density at radius 3 is 2.92 bits per heavy atom. The summed E-state index contributed by atoms with van der Waals surface area (Å²) in [5, 5.41) is 6.72. The maximum atomic E-state index is 12.7. The van der Waals surface area contributed by atoms with E-state index in [-0.39, 0.29) is 23.8 Å². The van der Waals surface area contributed by atoms with Crippen LogP contribution in [0.3, 0.4) is 0 Å². The minimum absolute atomic E-state index is 0.0474. The number of dihydropyridines is 1. The molecule has 3 rings (SSSR count). The molecule has 1 atom stereocenters. The zero-order chi connectivity index (χ0) is 18.7. The second kappa shape index (κ2) is 7.33. The molecule has 1 aliphatic heterocycles. The number of esters is 1. The van der Waals surface area contributed by atoms with Crippen LogP contribution in [0.25, 0.3) is 10.4 Å². The maximum absolute atomic E-state index is 12.7. The van der Waals surface area contributed by atoms with Crippen LogP contribution in [0.4, 0.5) is 5.69 Å². The largest absolute Gasteiger partial charge is 0.463 e. The molecule has 2 aliphatic rings. The number of Topliss-reactive ketones (excluding diaryl/α,β-unsaturated/α-hetero) is 1. The standard InChI is InChI=1S/C18H19N5O3/c1-2-26-18(25)16-14(10-6-3-4-7-11(10)22-23-20)15-12(21-17(16)19)8-5-9-13(15)24/h3-4,6-7,14,21H,2,5,8-9,19H2,1H3. The van der Waals surface area contributed by atoms with Crippen molar-refractivity contribution in [3.05, 3.63) is 62.9 Å². The summed E-state index contributed by atoms with van der Waals surface area (Å²) in [7, 11) is 0. The number of nitrogens with two attached hydrogens (primary N) is 1. The van der Waals surface area contributed by atoms with Crippen molar-refractivity contribution in [1.29, 1.82) is 0 Å². The Hall–Kier alpha value is -3.25. The van der Waals surface area contributed by atoms with Crippen LogP contribution in [-0.4, -0.2) is 18.4 Å². The van der Waals surface area contributed by atoms with E-state index in [1.807, 2.05) is 0 Å². The summed E-state index contributed by atoms with van der Waals surface area (Å²) < 4.78 is 5.16. The van der Waals surface area contributed by atoms with Gasteiger partial charge in [0.05, 0.1) is 18.1 Å². The predicted molar refractivity (Wildman–Crippen MR) is 94.9 cm³/mol. The molecule has 8 heteroatoms. The quantitative estimate of drug-likeness (QED) is 0.372. The minimum atomic E-state index is -0.722. The van der Waals surface area contributed by atoms with E-state index in [2.05, 4.69) is 15.3 Å². The van der Waals surface area contributed by atoms with Crippen molar-refractivity contribution >= 4 is 17.4 Å². The average Bonchev–Trinajstić information content (AvgIpc) is 2.62. The number of benzene rings is 1. The van der Waals surface area contributed by atoms with Crippen LogP contribution in [0.1, 0.15) is 37.7 Å². The summed E-state index contributed by atoms with van der Waals surface area (Å²) in [5.41, 5.74) is 17.3. The summed E-state index contributed by atoms with van der Waals surface area (Å²) in [5.74, 6) is -1.20. The summed E-state index contributed by atoms with van der Waals surface area (Å²) in [4.78, 5) is 28.2. The molecule has 26 heavy (non-hydrogen) atoms. The fraction of sp³-hybridized carbons (Fsp3) is 0.333. The second-order valence-electron chi connectivity index (χ2n) is 6.02. The van der Waals surface area contributed by atoms with Crippen LogP contribution in [0.5, 0.6) is 0 Å². The number of carbonyl (C=O) groups excluding carboxylic acids is 2. The summed E-state index contributed by atoms with van der Waals surface area (Å²) in [6, 6.07) is 6.87. The number of carbonyl (C=O) groups is 2. The number of ether oxygens (including phenoxy) is 1. The topological polar surface area (TPSA) is 130 Å². The Balaban J connectivity index is 2.24. The molecule has 0 aromatic heterocycles. The van der Waals surface area contributed by atoms with Crippen molar-refractivity contribution in [2.45, 2.75) is 32.1 Å². The summed E-state index contributed by atoms with van der Waals surface area (Å²) in [6.45, 7) is 1.88. The van der Waals surface area contributed by atoms with E-state index in [1.54, 1.807) is 31.2 Å². The number of ketones is 1. The van der Waals surface area contributed by atoms with Gasteiger partial charge in [0.2, 0.25) is 0 Å². The third-order valence-corrected chi connectivity index (χ3v) is 4.50. The predicted octanol–water partition coefficient (Wildman–Crippen LogP) is 3.06. The van der Waals surface area contributed by atoms with Crippen LogP contribution >= 0.6 is 0 Å². The van der Waals surface area contributed by atoms with Gasteiger partial charge in [0.25, 0.3) is 0 Å². The average molecular weight is 353 g/mol. The molecular weight excluding hydrogens is 334 g/mol. The van der Waals surface area contributed by atoms with Crippen molar-refractivity contribution in [3.8, 4) is 0 Å². The molecule has 0 spiro atoms. The van der Waals surface area contributed by atoms with E-state index in [4.69, 9.17) is 16.0 Å². The van der Waals surface area contributed by atoms with Crippen LogP contribution in [0.15, 0.2) is 52.0 Å². The van der Waals surface area contributed by atoms with E-state index in [0.717, 1.165) is 6.42 Å². The van der Waals surface area contributed by atoms with Crippen molar-refractivity contribution in [2.24, 2.45) is 10.8 Å². The Bertz CT molecular complexity index is 881. The molecule has 3 N–H and O–H groups in total. The number of nitrogens with one attached hydrogen (secondary N) is 1. The van der Waals surface area contributed by atoms with E-state index >= 15 is 0 Å². The molecule has 1 aromatic carbocycles. The van der Waals surface area contributed by atoms with E-state index in [1.165, 1.54) is 0 Å². The molecule has 1 unspecified atom stereocenters. The molecule has 1 aliphatic carbocycles. The highest BCUT2D eigenvalue weighted by molar-refractivity contribution is 6.04. The lowest BCUT2D eigenvalue weighted by Crippen LogP contribution is -2.37. The first-order valence-electron chi connectivity index (χ1n) is 8.42. The lowest BCUT2D eigenvalue weighted by molar-refractivity contribution is -0.138. The monoisotopic (exact) mass is 353 g/mol. The van der Waals surface area contributed by atoms with Gasteiger partial charge in [-0.2, -0.15) is 0 Å². The van der Waals surface area contributed by atoms with Crippen LogP contribution in [0, 0.1) is 0 Å². The first kappa shape index (κ1) is 17.6. The molecule has 0 bridgehead atoms. The van der Waals surface area contributed by atoms with Gasteiger partial charge >= 0.3 is 5.97 Å². The molecular formula is C18H19N5O3. The SMILES string of the molecule is CCOC(=O)C1=C(N)NC2=C(C(=O)CCC2)C1c1ccccc1N=[N+]=[N-]. The highest BCUT2D eigenvalue weighted by Gasteiger charge is 2.40. The number of hydrogen-bond acceptors (Lipinski definition) is 6. The third kappa shape index (κ3) is 3.02. The molecule has 1 aromatic rings. The number of allylic oxidation sites excluding steroid dienone is 2. The molecule has 0 radical (unpaired) electrons. The minimum Gasteiger partial charge on any atom is -0.463 e. The highest BCUT2D eigenvalue weighted by atomic mass is 16.5. The zero-order valence-electron chi connectivity index (χ0n) is 14.4. The van der Waals surface area contributed by atoms with Crippen LogP contribution < -0.4 is 11.1 Å². The molecule has 0 saturated heterocycles. The first-order chi connectivity index (χ1) is 12.6. The Kier molecular flexibility index (Phi) is 4.95. The summed E-state index contributed by atoms with van der Waals surface area (Å²) in [6.07, 6.45) is 1.78. The van der Waals surface area contributed by atoms with Gasteiger partial charge in [-0.15, -0.1) is 0 Å². The number of nitrogens with zero attached hydrogens (tertiary/aromatic N) is 3. The smallest absolute Gasteiger partial charge is 0.338 e. The van der Waals surface area contributed by atoms with Gasteiger partial charge in [0.1, 0.15) is 5.82 Å². The van der Waals surface area contributed by atoms with Gasteiger partial charge in [0, 0.05) is 28.3 Å². The Morgan fingerprint density at radius 1 is 1.42 bits per heavy atom. The zero-order valence-corrected chi connectivity index (χ0v) is 14.4. The van der Waals surface area contributed by atoms with Gasteiger partial charge < -0.3 is 15.8 Å². The summed E-state index contributed by atoms with van der Waals surface area (Å²) >= 11 is 0. The molecule has 1 heterocycles. The lowest BCUT2D eigenvalue weighted by atomic mass is 9.75. The molecule has 0 amide bonds. The van der Waals surface area contributed by atoms with Gasteiger partial charge in [-0.3, -0.25) is 4.79 Å². The fourth-order valence-corrected chi connectivity index (χ4v) is 3.48. The number of hydrogen-bond donors (Lipinski definition) is 2. The van der Waals surface area contributed by atoms with Gasteiger partial charge in [-0.1, -0.05) is 29.4 Å². The normalized spacial score (nSPS) is 19.4. The van der Waals surface area contributed by atoms with Crippen LogP contribution in [-0.2, 0) is 14.3 Å². The van der Waals surface area contributed by atoms with Gasteiger partial charge in [-0.25, -0.2) is 4.79 Å². The number of rotatable bonds is 4. The molecule has 134 valence electrons. The van der Waals surface area contributed by atoms with Crippen molar-refractivity contribution < 1.29 is 14.3 Å². The highest BCUT2D eigenvalue weighted by Crippen LogP contribution is 2.44. The van der Waals surface area contributed by atoms with E-state index in [0.29, 0.717) is 35.4 Å². The van der Waals surface area contributed by atoms with Crippen molar-refractivity contribution in [2.75, 3.05) is 6.61 Å². The first-order valence-corrected chi connectivity index (χ1v) is 8.42. The fourth-order valence-electron chi connectivity index (χ4n) is 3.48. The number of azide groups is 1. The van der Waals surface area contributed by atoms with Gasteiger partial charge in [0.15, 0.2) is 5.78 Å². The van der Waals surface area contributed by atoms with E-state index < -0.39 is 11.9 Å². The van der Waals surface area contributed by atoms with Crippen molar-refractivity contribution in [1.82, 2.24) is 5.32 Å². The van der Waals surface area contributed by atoms with Crippen molar-refractivity contribution in [3.63, 3.8) is 0 Å². The lowest BCUT2D eigenvalue weighted by Gasteiger charge is -2.34. The third-order valence-electron chi connectivity index (χ3n) is 4.50. The maximum Gasteiger partial charge on any atom is 0.338 e.